The lowest BCUT2D eigenvalue weighted by molar-refractivity contribution is 0.771. The highest BCUT2D eigenvalue weighted by Gasteiger charge is 2.47. The van der Waals surface area contributed by atoms with E-state index in [4.69, 9.17) is 0 Å². The van der Waals surface area contributed by atoms with Crippen molar-refractivity contribution < 1.29 is 0 Å². The van der Waals surface area contributed by atoms with Crippen molar-refractivity contribution in [3.63, 3.8) is 0 Å². The van der Waals surface area contributed by atoms with Crippen LogP contribution in [-0.4, -0.2) is 4.57 Å². The van der Waals surface area contributed by atoms with Crippen molar-refractivity contribution in [3.8, 4) is 16.8 Å². The fourth-order valence-electron chi connectivity index (χ4n) is 10.0. The number of para-hydroxylation sites is 3. The minimum Gasteiger partial charge on any atom is -0.310 e. The molecule has 1 aliphatic rings. The van der Waals surface area contributed by atoms with Crippen LogP contribution in [0.15, 0.2) is 231 Å². The molecule has 12 rings (SSSR count). The predicted octanol–water partition coefficient (Wildman–Crippen LogP) is 14.9. The molecule has 1 aliphatic carbocycles. The van der Waals surface area contributed by atoms with Crippen molar-refractivity contribution in [3.05, 3.63) is 253 Å². The van der Waals surface area contributed by atoms with Gasteiger partial charge in [0.1, 0.15) is 0 Å². The number of anilines is 3. The van der Waals surface area contributed by atoms with Crippen LogP contribution in [0.25, 0.3) is 60.2 Å². The molecule has 1 atom stereocenters. The second-order valence-electron chi connectivity index (χ2n) is 15.7. The molecule has 276 valence electrons. The zero-order valence-electron chi connectivity index (χ0n) is 32.3. The number of hydrogen-bond donors (Lipinski definition) is 0. The number of rotatable bonds is 6. The van der Waals surface area contributed by atoms with E-state index in [1.165, 1.54) is 76.7 Å². The molecule has 2 heteroatoms. The van der Waals surface area contributed by atoms with E-state index in [0.717, 1.165) is 22.7 Å². The average Bonchev–Trinajstić information content (AvgIpc) is 3.78. The maximum atomic E-state index is 2.48. The lowest BCUT2D eigenvalue weighted by Crippen LogP contribution is -2.29. The van der Waals surface area contributed by atoms with Crippen molar-refractivity contribution in [2.45, 2.75) is 5.41 Å². The first kappa shape index (κ1) is 33.5. The summed E-state index contributed by atoms with van der Waals surface area (Å²) in [5.74, 6) is 0. The third-order valence-electron chi connectivity index (χ3n) is 12.6. The summed E-state index contributed by atoms with van der Waals surface area (Å²) in [6.45, 7) is 0. The Kier molecular flexibility index (Phi) is 7.48. The quantitative estimate of drug-likeness (QED) is 0.164. The molecule has 0 saturated carbocycles. The molecule has 2 nitrogen and oxygen atoms in total. The van der Waals surface area contributed by atoms with E-state index in [1.807, 2.05) is 0 Å². The molecule has 10 aromatic carbocycles. The van der Waals surface area contributed by atoms with Crippen LogP contribution in [0.1, 0.15) is 22.3 Å². The number of fused-ring (bicyclic) bond motifs is 8. The van der Waals surface area contributed by atoms with Crippen molar-refractivity contribution in [1.82, 2.24) is 4.57 Å². The van der Waals surface area contributed by atoms with E-state index < -0.39 is 5.41 Å². The highest BCUT2D eigenvalue weighted by molar-refractivity contribution is 6.10. The molecule has 0 radical (unpaired) electrons. The van der Waals surface area contributed by atoms with Crippen molar-refractivity contribution in [2.75, 3.05) is 4.90 Å². The third-order valence-corrected chi connectivity index (χ3v) is 12.6. The highest BCUT2D eigenvalue weighted by atomic mass is 15.1. The number of aromatic nitrogens is 1. The number of benzene rings is 10. The molecule has 0 N–H and O–H groups in total. The third kappa shape index (κ3) is 5.06. The fourth-order valence-corrected chi connectivity index (χ4v) is 10.0. The summed E-state index contributed by atoms with van der Waals surface area (Å²) in [7, 11) is 0. The standard InChI is InChI=1S/C57H38N2/c1-4-20-43(21-5-1)57(44-29-28-39-16-10-11-17-40(39)34-44)53-36-42-19-13-12-18-41(42)35-52(53)49-32-30-47(37-54(49)57)58(45-22-6-2-7-23-45)48-31-33-51-50-26-14-15-27-55(50)59(56(51)38-48)46-24-8-3-9-25-46/h1-38H. The summed E-state index contributed by atoms with van der Waals surface area (Å²) >= 11 is 0. The van der Waals surface area contributed by atoms with Crippen LogP contribution >= 0.6 is 0 Å². The predicted molar refractivity (Wildman–Crippen MR) is 248 cm³/mol. The van der Waals surface area contributed by atoms with E-state index >= 15 is 0 Å². The molecule has 0 spiro atoms. The van der Waals surface area contributed by atoms with Crippen molar-refractivity contribution in [2.24, 2.45) is 0 Å². The van der Waals surface area contributed by atoms with Crippen LogP contribution in [-0.2, 0) is 5.41 Å². The largest absolute Gasteiger partial charge is 0.310 e. The van der Waals surface area contributed by atoms with Gasteiger partial charge in [-0.15, -0.1) is 0 Å². The zero-order chi connectivity index (χ0) is 38.9. The maximum absolute atomic E-state index is 2.48. The smallest absolute Gasteiger partial charge is 0.0714 e. The Hall–Kier alpha value is -7.68. The Morgan fingerprint density at radius 1 is 0.322 bits per heavy atom. The van der Waals surface area contributed by atoms with Crippen LogP contribution in [0.3, 0.4) is 0 Å². The van der Waals surface area contributed by atoms with Crippen LogP contribution in [0.2, 0.25) is 0 Å². The van der Waals surface area contributed by atoms with Crippen LogP contribution in [0, 0.1) is 0 Å². The monoisotopic (exact) mass is 750 g/mol. The van der Waals surface area contributed by atoms with E-state index in [1.54, 1.807) is 0 Å². The van der Waals surface area contributed by atoms with Crippen molar-refractivity contribution >= 4 is 60.4 Å². The molecule has 11 aromatic rings. The first-order valence-electron chi connectivity index (χ1n) is 20.4. The highest BCUT2D eigenvalue weighted by Crippen LogP contribution is 2.58. The first-order chi connectivity index (χ1) is 29.3. The van der Waals surface area contributed by atoms with E-state index in [2.05, 4.69) is 240 Å². The van der Waals surface area contributed by atoms with Gasteiger partial charge in [0.25, 0.3) is 0 Å². The van der Waals surface area contributed by atoms with Gasteiger partial charge in [0.05, 0.1) is 16.4 Å². The zero-order valence-corrected chi connectivity index (χ0v) is 32.3. The SMILES string of the molecule is c1ccc(N(c2ccc3c(c2)C(c2ccccc2)(c2ccc4ccccc4c2)c2cc4ccccc4cc2-3)c2ccc3c4ccccc4n(-c4ccccc4)c3c2)cc1. The molecule has 0 saturated heterocycles. The Balaban J connectivity index is 1.15. The summed E-state index contributed by atoms with van der Waals surface area (Å²) in [6.07, 6.45) is 0. The van der Waals surface area contributed by atoms with Gasteiger partial charge in [-0.25, -0.2) is 0 Å². The minimum absolute atomic E-state index is 0.581. The Labute approximate surface area is 343 Å². The van der Waals surface area contributed by atoms with Gasteiger partial charge in [0, 0.05) is 33.5 Å². The summed E-state index contributed by atoms with van der Waals surface area (Å²) in [4.78, 5) is 2.43. The first-order valence-corrected chi connectivity index (χ1v) is 20.4. The molecule has 0 amide bonds. The Bertz CT molecular complexity index is 3380. The molecular formula is C57H38N2. The number of nitrogens with zero attached hydrogens (tertiary/aromatic N) is 2. The second-order valence-corrected chi connectivity index (χ2v) is 15.7. The minimum atomic E-state index is -0.581. The molecule has 1 heterocycles. The topological polar surface area (TPSA) is 8.17 Å². The molecule has 0 aliphatic heterocycles. The lowest BCUT2D eigenvalue weighted by Gasteiger charge is -2.35. The van der Waals surface area contributed by atoms with Gasteiger partial charge < -0.3 is 9.47 Å². The van der Waals surface area contributed by atoms with Gasteiger partial charge in [0.15, 0.2) is 0 Å². The van der Waals surface area contributed by atoms with Crippen LogP contribution in [0.5, 0.6) is 0 Å². The number of hydrogen-bond acceptors (Lipinski definition) is 1. The summed E-state index contributed by atoms with van der Waals surface area (Å²) in [6, 6.07) is 85.1. The molecule has 0 bridgehead atoms. The summed E-state index contributed by atoms with van der Waals surface area (Å²) in [5, 5.41) is 7.45. The van der Waals surface area contributed by atoms with E-state index in [9.17, 15) is 0 Å². The van der Waals surface area contributed by atoms with Crippen LogP contribution in [0.4, 0.5) is 17.1 Å². The van der Waals surface area contributed by atoms with E-state index in [-0.39, 0.29) is 0 Å². The second kappa shape index (κ2) is 13.2. The van der Waals surface area contributed by atoms with Crippen molar-refractivity contribution in [1.29, 1.82) is 0 Å². The van der Waals surface area contributed by atoms with Gasteiger partial charge in [-0.1, -0.05) is 158 Å². The molecule has 59 heavy (non-hydrogen) atoms. The van der Waals surface area contributed by atoms with Gasteiger partial charge in [-0.3, -0.25) is 0 Å². The van der Waals surface area contributed by atoms with Gasteiger partial charge in [-0.05, 0) is 128 Å². The van der Waals surface area contributed by atoms with Gasteiger partial charge in [0.2, 0.25) is 0 Å². The Morgan fingerprint density at radius 2 is 0.898 bits per heavy atom. The average molecular weight is 751 g/mol. The Morgan fingerprint density at radius 3 is 1.68 bits per heavy atom. The molecule has 1 aromatic heterocycles. The molecule has 1 unspecified atom stereocenters. The summed E-state index contributed by atoms with van der Waals surface area (Å²) in [5.41, 5.74) is 13.9. The molecular weight excluding hydrogens is 713 g/mol. The van der Waals surface area contributed by atoms with Crippen LogP contribution < -0.4 is 4.90 Å². The fraction of sp³-hybridized carbons (Fsp3) is 0.0175. The van der Waals surface area contributed by atoms with Gasteiger partial charge >= 0.3 is 0 Å². The normalized spacial score (nSPS) is 14.5. The lowest BCUT2D eigenvalue weighted by atomic mass is 9.67. The van der Waals surface area contributed by atoms with E-state index in [0.29, 0.717) is 0 Å². The maximum Gasteiger partial charge on any atom is 0.0714 e. The molecule has 0 fully saturated rings. The summed E-state index contributed by atoms with van der Waals surface area (Å²) < 4.78 is 2.40. The van der Waals surface area contributed by atoms with Gasteiger partial charge in [-0.2, -0.15) is 0 Å².